The van der Waals surface area contributed by atoms with Gasteiger partial charge < -0.3 is 14.5 Å². The summed E-state index contributed by atoms with van der Waals surface area (Å²) in [4.78, 5) is 0. The van der Waals surface area contributed by atoms with Crippen LogP contribution in [0.25, 0.3) is 11.5 Å². The molecule has 0 fully saturated rings. The highest BCUT2D eigenvalue weighted by Crippen LogP contribution is 2.25. The quantitative estimate of drug-likeness (QED) is 0.744. The van der Waals surface area contributed by atoms with Gasteiger partial charge >= 0.3 is 0 Å². The van der Waals surface area contributed by atoms with E-state index in [1.165, 1.54) is 0 Å². The normalized spacial score (nSPS) is 10.5. The summed E-state index contributed by atoms with van der Waals surface area (Å²) in [5, 5.41) is 11.5. The number of nitrogens with one attached hydrogen (secondary N) is 1. The monoisotopic (exact) mass is 309 g/mol. The van der Waals surface area contributed by atoms with Crippen LogP contribution in [-0.2, 0) is 6.54 Å². The first-order chi connectivity index (χ1) is 11.3. The van der Waals surface area contributed by atoms with Crippen LogP contribution in [0.15, 0.2) is 52.9 Å². The third-order valence-electron chi connectivity index (χ3n) is 3.46. The molecule has 0 aliphatic heterocycles. The minimum Gasteiger partial charge on any atom is -0.492 e. The average molecular weight is 309 g/mol. The molecule has 1 aromatic heterocycles. The molecule has 0 bridgehead atoms. The van der Waals surface area contributed by atoms with Crippen LogP contribution >= 0.6 is 0 Å². The molecule has 0 saturated heterocycles. The summed E-state index contributed by atoms with van der Waals surface area (Å²) in [5.41, 5.74) is 2.98. The van der Waals surface area contributed by atoms with Gasteiger partial charge in [0.15, 0.2) is 0 Å². The van der Waals surface area contributed by atoms with E-state index in [2.05, 4.69) is 15.5 Å². The number of aromatic nitrogens is 2. The number of hydrogen-bond acceptors (Lipinski definition) is 5. The molecule has 118 valence electrons. The van der Waals surface area contributed by atoms with Gasteiger partial charge in [0.2, 0.25) is 11.8 Å². The minimum absolute atomic E-state index is 0.447. The van der Waals surface area contributed by atoms with Crippen LogP contribution in [0.5, 0.6) is 5.75 Å². The lowest BCUT2D eigenvalue weighted by Gasteiger charge is -2.10. The second-order valence-corrected chi connectivity index (χ2v) is 5.10. The SMILES string of the molecule is CCOc1ccccc1NCc1nnc(-c2ccccc2C)o1. The van der Waals surface area contributed by atoms with E-state index in [0.717, 1.165) is 22.6 Å². The molecule has 0 amide bonds. The number of para-hydroxylation sites is 2. The van der Waals surface area contributed by atoms with Crippen molar-refractivity contribution in [2.75, 3.05) is 11.9 Å². The lowest BCUT2D eigenvalue weighted by atomic mass is 10.1. The second-order valence-electron chi connectivity index (χ2n) is 5.10. The Balaban J connectivity index is 1.72. The molecular formula is C18H19N3O2. The summed E-state index contributed by atoms with van der Waals surface area (Å²) in [5.74, 6) is 1.89. The fourth-order valence-corrected chi connectivity index (χ4v) is 2.31. The topological polar surface area (TPSA) is 60.2 Å². The van der Waals surface area contributed by atoms with E-state index in [0.29, 0.717) is 24.9 Å². The van der Waals surface area contributed by atoms with Crippen LogP contribution in [0.3, 0.4) is 0 Å². The number of aryl methyl sites for hydroxylation is 1. The van der Waals surface area contributed by atoms with Gasteiger partial charge in [-0.05, 0) is 37.6 Å². The Morgan fingerprint density at radius 3 is 2.65 bits per heavy atom. The van der Waals surface area contributed by atoms with E-state index in [4.69, 9.17) is 9.15 Å². The first-order valence-electron chi connectivity index (χ1n) is 7.62. The van der Waals surface area contributed by atoms with Gasteiger partial charge in [0.05, 0.1) is 18.8 Å². The van der Waals surface area contributed by atoms with Gasteiger partial charge in [-0.2, -0.15) is 0 Å². The molecule has 0 aliphatic carbocycles. The molecular weight excluding hydrogens is 290 g/mol. The Labute approximate surface area is 135 Å². The zero-order valence-corrected chi connectivity index (χ0v) is 13.2. The smallest absolute Gasteiger partial charge is 0.248 e. The Hall–Kier alpha value is -2.82. The molecule has 2 aromatic carbocycles. The van der Waals surface area contributed by atoms with E-state index >= 15 is 0 Å². The molecule has 3 rings (SSSR count). The van der Waals surface area contributed by atoms with Gasteiger partial charge in [-0.1, -0.05) is 30.3 Å². The highest BCUT2D eigenvalue weighted by atomic mass is 16.5. The average Bonchev–Trinajstić information content (AvgIpc) is 3.03. The largest absolute Gasteiger partial charge is 0.492 e. The van der Waals surface area contributed by atoms with E-state index in [1.54, 1.807) is 0 Å². The molecule has 23 heavy (non-hydrogen) atoms. The number of nitrogens with zero attached hydrogens (tertiary/aromatic N) is 2. The fourth-order valence-electron chi connectivity index (χ4n) is 2.31. The summed E-state index contributed by atoms with van der Waals surface area (Å²) in [6.45, 7) is 5.05. The predicted octanol–water partition coefficient (Wildman–Crippen LogP) is 4.06. The van der Waals surface area contributed by atoms with Crippen LogP contribution in [0.2, 0.25) is 0 Å². The van der Waals surface area contributed by atoms with Crippen molar-refractivity contribution in [1.82, 2.24) is 10.2 Å². The maximum Gasteiger partial charge on any atom is 0.248 e. The highest BCUT2D eigenvalue weighted by molar-refractivity contribution is 5.58. The van der Waals surface area contributed by atoms with Gasteiger partial charge in [-0.25, -0.2) is 0 Å². The summed E-state index contributed by atoms with van der Waals surface area (Å²) in [7, 11) is 0. The maximum absolute atomic E-state index is 5.75. The number of benzene rings is 2. The predicted molar refractivity (Wildman–Crippen MR) is 89.4 cm³/mol. The van der Waals surface area contributed by atoms with Crippen molar-refractivity contribution in [3.8, 4) is 17.2 Å². The van der Waals surface area contributed by atoms with Crippen molar-refractivity contribution < 1.29 is 9.15 Å². The maximum atomic E-state index is 5.75. The number of rotatable bonds is 6. The molecule has 0 atom stereocenters. The summed E-state index contributed by atoms with van der Waals surface area (Å²) >= 11 is 0. The van der Waals surface area contributed by atoms with Crippen LogP contribution in [0, 0.1) is 6.92 Å². The van der Waals surface area contributed by atoms with E-state index in [1.807, 2.05) is 62.4 Å². The van der Waals surface area contributed by atoms with Gasteiger partial charge in [-0.3, -0.25) is 0 Å². The molecule has 0 saturated carbocycles. The summed E-state index contributed by atoms with van der Waals surface area (Å²) in [6.07, 6.45) is 0. The van der Waals surface area contributed by atoms with Gasteiger partial charge in [0.25, 0.3) is 0 Å². The molecule has 0 aliphatic rings. The lowest BCUT2D eigenvalue weighted by molar-refractivity contribution is 0.341. The molecule has 0 radical (unpaired) electrons. The van der Waals surface area contributed by atoms with Crippen molar-refractivity contribution >= 4 is 5.69 Å². The molecule has 5 heteroatoms. The molecule has 1 N–H and O–H groups in total. The Bertz CT molecular complexity index is 783. The van der Waals surface area contributed by atoms with Gasteiger partial charge in [0, 0.05) is 5.56 Å². The van der Waals surface area contributed by atoms with Crippen molar-refractivity contribution in [3.05, 3.63) is 60.0 Å². The van der Waals surface area contributed by atoms with Crippen molar-refractivity contribution in [1.29, 1.82) is 0 Å². The molecule has 0 unspecified atom stereocenters. The standard InChI is InChI=1S/C18H19N3O2/c1-3-22-16-11-7-6-10-15(16)19-12-17-20-21-18(23-17)14-9-5-4-8-13(14)2/h4-11,19H,3,12H2,1-2H3. The third kappa shape index (κ3) is 3.51. The first kappa shape index (κ1) is 15.1. The lowest BCUT2D eigenvalue weighted by Crippen LogP contribution is -2.02. The highest BCUT2D eigenvalue weighted by Gasteiger charge is 2.11. The second kappa shape index (κ2) is 6.96. The van der Waals surface area contributed by atoms with Crippen LogP contribution in [0.1, 0.15) is 18.4 Å². The molecule has 1 heterocycles. The van der Waals surface area contributed by atoms with Crippen LogP contribution in [-0.4, -0.2) is 16.8 Å². The Morgan fingerprint density at radius 2 is 1.83 bits per heavy atom. The van der Waals surface area contributed by atoms with E-state index in [-0.39, 0.29) is 0 Å². The van der Waals surface area contributed by atoms with Gasteiger partial charge in [-0.15, -0.1) is 10.2 Å². The van der Waals surface area contributed by atoms with Crippen molar-refractivity contribution in [2.45, 2.75) is 20.4 Å². The third-order valence-corrected chi connectivity index (χ3v) is 3.46. The summed E-state index contributed by atoms with van der Waals surface area (Å²) in [6, 6.07) is 15.7. The number of ether oxygens (including phenoxy) is 1. The number of hydrogen-bond donors (Lipinski definition) is 1. The van der Waals surface area contributed by atoms with E-state index < -0.39 is 0 Å². The Kier molecular flexibility index (Phi) is 4.57. The zero-order valence-electron chi connectivity index (χ0n) is 13.2. The minimum atomic E-state index is 0.447. The fraction of sp³-hybridized carbons (Fsp3) is 0.222. The van der Waals surface area contributed by atoms with Crippen molar-refractivity contribution in [2.24, 2.45) is 0 Å². The molecule has 5 nitrogen and oxygen atoms in total. The Morgan fingerprint density at radius 1 is 1.04 bits per heavy atom. The molecule has 3 aromatic rings. The van der Waals surface area contributed by atoms with E-state index in [9.17, 15) is 0 Å². The van der Waals surface area contributed by atoms with Gasteiger partial charge in [0.1, 0.15) is 5.75 Å². The zero-order chi connectivity index (χ0) is 16.1. The van der Waals surface area contributed by atoms with Crippen LogP contribution < -0.4 is 10.1 Å². The summed E-state index contributed by atoms with van der Waals surface area (Å²) < 4.78 is 11.3. The van der Waals surface area contributed by atoms with Crippen molar-refractivity contribution in [3.63, 3.8) is 0 Å². The molecule has 0 spiro atoms. The first-order valence-corrected chi connectivity index (χ1v) is 7.62. The van der Waals surface area contributed by atoms with Crippen LogP contribution in [0.4, 0.5) is 5.69 Å². The number of anilines is 1.